The molecule has 14 heteroatoms. The molecule has 0 aliphatic heterocycles. The zero-order valence-electron chi connectivity index (χ0n) is 19.2. The minimum atomic E-state index is -1.19. The van der Waals surface area contributed by atoms with Gasteiger partial charge in [0.15, 0.2) is 12.4 Å². The summed E-state index contributed by atoms with van der Waals surface area (Å²) in [6, 6.07) is 8.34. The first-order valence-electron chi connectivity index (χ1n) is 10.2. The first-order chi connectivity index (χ1) is 16.3. The van der Waals surface area contributed by atoms with Crippen molar-refractivity contribution in [2.75, 3.05) is 0 Å². The molecule has 188 valence electrons. The number of hydrogen-bond acceptors (Lipinski definition) is 8. The lowest BCUT2D eigenvalue weighted by Gasteiger charge is -2.19. The van der Waals surface area contributed by atoms with E-state index in [9.17, 15) is 40.5 Å². The normalized spacial score (nSPS) is 11.0. The highest BCUT2D eigenvalue weighted by Crippen LogP contribution is 2.37. The molecule has 0 atom stereocenters. The van der Waals surface area contributed by atoms with Crippen molar-refractivity contribution in [1.82, 2.24) is 0 Å². The van der Waals surface area contributed by atoms with Gasteiger partial charge in [-0.2, -0.15) is 4.57 Å². The fraction of sp³-hybridized carbons (Fsp3) is 0.227. The number of benzene rings is 2. The quantitative estimate of drug-likeness (QED) is 0.257. The van der Waals surface area contributed by atoms with Crippen LogP contribution < -0.4 is 17.0 Å². The van der Waals surface area contributed by atoms with Crippen LogP contribution in [0.4, 0.5) is 22.7 Å². The SMILES string of the molecule is CC(C)(C)c1cc[n+](C(c2ccc([N+](=O)[O-])cc2[N+](=O)[O-])c2ccc([N+](=O)[O-])cc2[N+](=O)[O-])cc1.[Cl-]. The highest BCUT2D eigenvalue weighted by Gasteiger charge is 2.38. The standard InChI is InChI=1S/C22H20N5O8.ClH/c1-22(2,3)14-8-10-23(11-9-14)21(17-6-4-15(24(28)29)12-19(17)26(32)33)18-7-5-16(25(30)31)13-20(18)27(34)35;/h4-13,21H,1-3H3;1H/q+1;/p-1. The van der Waals surface area contributed by atoms with Crippen LogP contribution in [0.2, 0.25) is 0 Å². The Morgan fingerprint density at radius 1 is 0.667 bits per heavy atom. The number of nitrogens with zero attached hydrogens (tertiary/aromatic N) is 5. The van der Waals surface area contributed by atoms with Gasteiger partial charge in [0.05, 0.1) is 31.8 Å². The van der Waals surface area contributed by atoms with E-state index in [1.807, 2.05) is 20.8 Å². The lowest BCUT2D eigenvalue weighted by molar-refractivity contribution is -0.705. The second-order valence-electron chi connectivity index (χ2n) is 8.70. The van der Waals surface area contributed by atoms with Crippen molar-refractivity contribution in [3.05, 3.63) is 118 Å². The summed E-state index contributed by atoms with van der Waals surface area (Å²) >= 11 is 0. The average molecular weight is 518 g/mol. The fourth-order valence-corrected chi connectivity index (χ4v) is 3.67. The lowest BCUT2D eigenvalue weighted by Crippen LogP contribution is -3.00. The Morgan fingerprint density at radius 3 is 1.36 bits per heavy atom. The van der Waals surface area contributed by atoms with E-state index in [1.54, 1.807) is 24.5 Å². The van der Waals surface area contributed by atoms with Crippen LogP contribution in [0.1, 0.15) is 43.5 Å². The summed E-state index contributed by atoms with van der Waals surface area (Å²) in [7, 11) is 0. The van der Waals surface area contributed by atoms with Gasteiger partial charge in [0.1, 0.15) is 11.1 Å². The molecule has 0 spiro atoms. The Hall–Kier alpha value is -4.52. The Balaban J connectivity index is 0.00000456. The van der Waals surface area contributed by atoms with Crippen molar-refractivity contribution in [1.29, 1.82) is 0 Å². The Labute approximate surface area is 210 Å². The molecule has 0 bridgehead atoms. The average Bonchev–Trinajstić information content (AvgIpc) is 2.78. The summed E-state index contributed by atoms with van der Waals surface area (Å²) < 4.78 is 1.48. The van der Waals surface area contributed by atoms with Crippen LogP contribution in [0.3, 0.4) is 0 Å². The molecule has 1 aromatic heterocycles. The zero-order chi connectivity index (χ0) is 26.1. The molecular weight excluding hydrogens is 498 g/mol. The van der Waals surface area contributed by atoms with E-state index < -0.39 is 48.5 Å². The molecule has 3 aromatic rings. The van der Waals surface area contributed by atoms with Gasteiger partial charge in [0.2, 0.25) is 6.04 Å². The van der Waals surface area contributed by atoms with Gasteiger partial charge < -0.3 is 12.4 Å². The molecule has 0 saturated carbocycles. The zero-order valence-corrected chi connectivity index (χ0v) is 20.0. The monoisotopic (exact) mass is 517 g/mol. The summed E-state index contributed by atoms with van der Waals surface area (Å²) in [5, 5.41) is 46.1. The van der Waals surface area contributed by atoms with E-state index in [4.69, 9.17) is 0 Å². The van der Waals surface area contributed by atoms with Gasteiger partial charge in [-0.25, -0.2) is 0 Å². The van der Waals surface area contributed by atoms with Crippen molar-refractivity contribution in [2.45, 2.75) is 32.2 Å². The van der Waals surface area contributed by atoms with E-state index in [0.29, 0.717) is 0 Å². The van der Waals surface area contributed by atoms with Crippen LogP contribution in [0.5, 0.6) is 0 Å². The van der Waals surface area contributed by atoms with Gasteiger partial charge >= 0.3 is 0 Å². The number of rotatable bonds is 7. The third-order valence-electron chi connectivity index (χ3n) is 5.45. The van der Waals surface area contributed by atoms with E-state index in [0.717, 1.165) is 42.0 Å². The summed E-state index contributed by atoms with van der Waals surface area (Å²) in [5.41, 5.74) is -1.72. The van der Waals surface area contributed by atoms with Crippen LogP contribution >= 0.6 is 0 Å². The third kappa shape index (κ3) is 5.58. The molecule has 0 unspecified atom stereocenters. The molecule has 1 heterocycles. The van der Waals surface area contributed by atoms with Crippen molar-refractivity contribution in [2.24, 2.45) is 0 Å². The summed E-state index contributed by atoms with van der Waals surface area (Å²) in [5.74, 6) is 0. The van der Waals surface area contributed by atoms with Crippen LogP contribution in [-0.4, -0.2) is 19.7 Å². The van der Waals surface area contributed by atoms with Crippen molar-refractivity contribution < 1.29 is 36.7 Å². The molecule has 0 aliphatic carbocycles. The predicted molar refractivity (Wildman–Crippen MR) is 122 cm³/mol. The molecule has 2 aromatic carbocycles. The van der Waals surface area contributed by atoms with E-state index in [2.05, 4.69) is 0 Å². The Kier molecular flexibility index (Phi) is 8.00. The van der Waals surface area contributed by atoms with Crippen LogP contribution in [0, 0.1) is 40.5 Å². The summed E-state index contributed by atoms with van der Waals surface area (Å²) in [6.07, 6.45) is 3.17. The Morgan fingerprint density at radius 2 is 1.06 bits per heavy atom. The highest BCUT2D eigenvalue weighted by atomic mass is 35.5. The number of nitro groups is 4. The smallest absolute Gasteiger partial charge is 0.286 e. The summed E-state index contributed by atoms with van der Waals surface area (Å²) in [6.45, 7) is 5.94. The molecular formula is C22H20ClN5O8. The number of non-ortho nitro benzene ring substituents is 2. The van der Waals surface area contributed by atoms with Crippen LogP contribution in [0.15, 0.2) is 60.9 Å². The second kappa shape index (κ2) is 10.4. The van der Waals surface area contributed by atoms with Crippen molar-refractivity contribution >= 4 is 22.7 Å². The predicted octanol–water partition coefficient (Wildman–Crippen LogP) is 1.55. The number of aromatic nitrogens is 1. The van der Waals surface area contributed by atoms with Gasteiger partial charge in [-0.1, -0.05) is 20.8 Å². The van der Waals surface area contributed by atoms with Gasteiger partial charge in [-0.3, -0.25) is 40.5 Å². The van der Waals surface area contributed by atoms with Crippen molar-refractivity contribution in [3.8, 4) is 0 Å². The molecule has 0 saturated heterocycles. The minimum absolute atomic E-state index is 0. The molecule has 0 N–H and O–H groups in total. The van der Waals surface area contributed by atoms with E-state index in [-0.39, 0.29) is 28.9 Å². The highest BCUT2D eigenvalue weighted by molar-refractivity contribution is 5.57. The Bertz CT molecular complexity index is 1280. The van der Waals surface area contributed by atoms with Gasteiger partial charge in [-0.15, -0.1) is 0 Å². The van der Waals surface area contributed by atoms with E-state index in [1.165, 1.54) is 4.57 Å². The van der Waals surface area contributed by atoms with Crippen LogP contribution in [-0.2, 0) is 5.41 Å². The largest absolute Gasteiger partial charge is 1.00 e. The van der Waals surface area contributed by atoms with E-state index >= 15 is 0 Å². The van der Waals surface area contributed by atoms with Crippen molar-refractivity contribution in [3.63, 3.8) is 0 Å². The number of halogens is 1. The summed E-state index contributed by atoms with van der Waals surface area (Å²) in [4.78, 5) is 42.9. The number of hydrogen-bond donors (Lipinski definition) is 0. The maximum Gasteiger partial charge on any atom is 0.286 e. The number of nitro benzene ring substituents is 4. The topological polar surface area (TPSA) is 176 Å². The molecule has 3 rings (SSSR count). The first-order valence-corrected chi connectivity index (χ1v) is 10.2. The second-order valence-corrected chi connectivity index (χ2v) is 8.70. The fourth-order valence-electron chi connectivity index (χ4n) is 3.67. The third-order valence-corrected chi connectivity index (χ3v) is 5.45. The van der Waals surface area contributed by atoms with Gasteiger partial charge in [0.25, 0.3) is 22.7 Å². The van der Waals surface area contributed by atoms with Crippen LogP contribution in [0.25, 0.3) is 0 Å². The molecule has 13 nitrogen and oxygen atoms in total. The molecule has 0 amide bonds. The minimum Gasteiger partial charge on any atom is -1.00 e. The van der Waals surface area contributed by atoms with Gasteiger partial charge in [0, 0.05) is 24.3 Å². The first kappa shape index (κ1) is 27.7. The molecule has 36 heavy (non-hydrogen) atoms. The molecule has 0 fully saturated rings. The lowest BCUT2D eigenvalue weighted by atomic mass is 9.87. The maximum atomic E-state index is 11.9. The molecule has 0 radical (unpaired) electrons. The molecule has 0 aliphatic rings. The van der Waals surface area contributed by atoms with Gasteiger partial charge in [-0.05, 0) is 23.1 Å². The maximum absolute atomic E-state index is 11.9. The number of pyridine rings is 1.